The SMILES string of the molecule is C1#CC[C@@H]2C=C[C@H](CCC1)O2. The largest absolute Gasteiger partial charge is 0.366 e. The van der Waals surface area contributed by atoms with Crippen molar-refractivity contribution in [3.8, 4) is 11.8 Å². The minimum absolute atomic E-state index is 0.283. The van der Waals surface area contributed by atoms with Crippen LogP contribution >= 0.6 is 0 Å². The molecule has 2 aliphatic rings. The van der Waals surface area contributed by atoms with E-state index in [0.29, 0.717) is 6.10 Å². The van der Waals surface area contributed by atoms with Crippen LogP contribution in [-0.2, 0) is 4.74 Å². The van der Waals surface area contributed by atoms with E-state index in [-0.39, 0.29) is 6.10 Å². The van der Waals surface area contributed by atoms with Crippen molar-refractivity contribution < 1.29 is 4.74 Å². The molecule has 1 heteroatoms. The third kappa shape index (κ3) is 1.64. The molecule has 58 valence electrons. The molecular weight excluding hydrogens is 136 g/mol. The highest BCUT2D eigenvalue weighted by Crippen LogP contribution is 2.19. The molecule has 0 aromatic carbocycles. The van der Waals surface area contributed by atoms with Crippen LogP contribution in [0.4, 0.5) is 0 Å². The van der Waals surface area contributed by atoms with E-state index < -0.39 is 0 Å². The van der Waals surface area contributed by atoms with Crippen LogP contribution < -0.4 is 0 Å². The van der Waals surface area contributed by atoms with Crippen LogP contribution in [0.15, 0.2) is 12.2 Å². The van der Waals surface area contributed by atoms with Crippen LogP contribution in [-0.4, -0.2) is 12.2 Å². The van der Waals surface area contributed by atoms with Gasteiger partial charge in [-0.15, -0.1) is 11.8 Å². The zero-order valence-electron chi connectivity index (χ0n) is 6.55. The molecule has 0 unspecified atom stereocenters. The maximum absolute atomic E-state index is 5.67. The van der Waals surface area contributed by atoms with Crippen LogP contribution in [0.2, 0.25) is 0 Å². The van der Waals surface area contributed by atoms with Gasteiger partial charge in [0.25, 0.3) is 0 Å². The van der Waals surface area contributed by atoms with Gasteiger partial charge in [-0.3, -0.25) is 0 Å². The maximum atomic E-state index is 5.67. The minimum atomic E-state index is 0.283. The zero-order chi connectivity index (χ0) is 7.52. The summed E-state index contributed by atoms with van der Waals surface area (Å²) in [6.45, 7) is 0. The first kappa shape index (κ1) is 6.94. The van der Waals surface area contributed by atoms with Gasteiger partial charge in [0.2, 0.25) is 0 Å². The first-order valence-corrected chi connectivity index (χ1v) is 4.25. The van der Waals surface area contributed by atoms with E-state index in [2.05, 4.69) is 24.0 Å². The summed E-state index contributed by atoms with van der Waals surface area (Å²) < 4.78 is 5.67. The summed E-state index contributed by atoms with van der Waals surface area (Å²) in [4.78, 5) is 0. The summed E-state index contributed by atoms with van der Waals surface area (Å²) in [5.74, 6) is 6.28. The third-order valence-corrected chi connectivity index (χ3v) is 2.11. The van der Waals surface area contributed by atoms with Crippen LogP contribution in [0, 0.1) is 11.8 Å². The van der Waals surface area contributed by atoms with Crippen molar-refractivity contribution in [2.24, 2.45) is 0 Å². The quantitative estimate of drug-likeness (QED) is 0.376. The molecule has 0 aromatic heterocycles. The highest BCUT2D eigenvalue weighted by Gasteiger charge is 2.17. The Hall–Kier alpha value is -0.740. The lowest BCUT2D eigenvalue weighted by atomic mass is 10.1. The molecule has 1 nitrogen and oxygen atoms in total. The van der Waals surface area contributed by atoms with Gasteiger partial charge in [0.15, 0.2) is 0 Å². The number of hydrogen-bond donors (Lipinski definition) is 0. The summed E-state index contributed by atoms with van der Waals surface area (Å²) in [5.41, 5.74) is 0. The molecule has 2 aliphatic heterocycles. The maximum Gasteiger partial charge on any atom is 0.0873 e. The Morgan fingerprint density at radius 3 is 3.09 bits per heavy atom. The highest BCUT2D eigenvalue weighted by molar-refractivity contribution is 5.10. The van der Waals surface area contributed by atoms with Crippen molar-refractivity contribution in [1.29, 1.82) is 0 Å². The lowest BCUT2D eigenvalue weighted by Gasteiger charge is -2.09. The third-order valence-electron chi connectivity index (χ3n) is 2.11. The molecule has 0 radical (unpaired) electrons. The van der Waals surface area contributed by atoms with Gasteiger partial charge < -0.3 is 4.74 Å². The predicted molar refractivity (Wildman–Crippen MR) is 44.0 cm³/mol. The lowest BCUT2D eigenvalue weighted by molar-refractivity contribution is 0.0589. The molecule has 0 N–H and O–H groups in total. The van der Waals surface area contributed by atoms with Gasteiger partial charge in [0.05, 0.1) is 12.2 Å². The molecule has 0 aliphatic carbocycles. The summed E-state index contributed by atoms with van der Waals surface area (Å²) in [6.07, 6.45) is 9.22. The molecule has 2 atom stereocenters. The molecule has 0 saturated heterocycles. The molecule has 0 saturated carbocycles. The van der Waals surface area contributed by atoms with E-state index >= 15 is 0 Å². The fourth-order valence-electron chi connectivity index (χ4n) is 1.50. The Morgan fingerprint density at radius 1 is 1.18 bits per heavy atom. The zero-order valence-corrected chi connectivity index (χ0v) is 6.55. The second-order valence-corrected chi connectivity index (χ2v) is 3.05. The minimum Gasteiger partial charge on any atom is -0.366 e. The van der Waals surface area contributed by atoms with Crippen molar-refractivity contribution in [1.82, 2.24) is 0 Å². The number of ether oxygens (including phenoxy) is 1. The smallest absolute Gasteiger partial charge is 0.0873 e. The van der Waals surface area contributed by atoms with Crippen LogP contribution in [0.1, 0.15) is 25.7 Å². The molecule has 0 amide bonds. The first-order chi connectivity index (χ1) is 5.45. The molecule has 0 aromatic rings. The molecule has 11 heavy (non-hydrogen) atoms. The average Bonchev–Trinajstić information content (AvgIpc) is 2.49. The topological polar surface area (TPSA) is 9.23 Å². The Balaban J connectivity index is 2.04. The van der Waals surface area contributed by atoms with Crippen molar-refractivity contribution in [3.05, 3.63) is 12.2 Å². The highest BCUT2D eigenvalue weighted by atomic mass is 16.5. The Kier molecular flexibility index (Phi) is 1.96. The molecule has 0 fully saturated rings. The average molecular weight is 148 g/mol. The molecule has 0 spiro atoms. The lowest BCUT2D eigenvalue weighted by Crippen LogP contribution is -2.10. The second kappa shape index (κ2) is 3.11. The standard InChI is InChI=1S/C10H12O/c1-2-4-6-10-8-7-9(11-10)5-3-1/h7-10H,1,3,5-6H2/t9-,10+/m0/s1. The number of hydrogen-bond acceptors (Lipinski definition) is 1. The van der Waals surface area contributed by atoms with Crippen molar-refractivity contribution in [2.45, 2.75) is 37.9 Å². The van der Waals surface area contributed by atoms with Crippen molar-refractivity contribution >= 4 is 0 Å². The van der Waals surface area contributed by atoms with Crippen LogP contribution in [0.3, 0.4) is 0 Å². The van der Waals surface area contributed by atoms with E-state index in [1.54, 1.807) is 0 Å². The van der Waals surface area contributed by atoms with E-state index in [9.17, 15) is 0 Å². The first-order valence-electron chi connectivity index (χ1n) is 4.25. The molecular formula is C10H12O. The van der Waals surface area contributed by atoms with Gasteiger partial charge >= 0.3 is 0 Å². The van der Waals surface area contributed by atoms with Crippen LogP contribution in [0.5, 0.6) is 0 Å². The van der Waals surface area contributed by atoms with E-state index in [1.807, 2.05) is 0 Å². The predicted octanol–water partition coefficient (Wildman–Crippen LogP) is 1.89. The fraction of sp³-hybridized carbons (Fsp3) is 0.600. The van der Waals surface area contributed by atoms with Gasteiger partial charge in [0.1, 0.15) is 0 Å². The fourth-order valence-corrected chi connectivity index (χ4v) is 1.50. The monoisotopic (exact) mass is 148 g/mol. The van der Waals surface area contributed by atoms with E-state index in [4.69, 9.17) is 4.74 Å². The van der Waals surface area contributed by atoms with Gasteiger partial charge in [-0.05, 0) is 12.8 Å². The molecule has 2 heterocycles. The number of fused-ring (bicyclic) bond motifs is 2. The molecule has 2 rings (SSSR count). The molecule has 2 bridgehead atoms. The normalized spacial score (nSPS) is 34.9. The van der Waals surface area contributed by atoms with E-state index in [1.165, 1.54) is 6.42 Å². The van der Waals surface area contributed by atoms with Gasteiger partial charge in [-0.25, -0.2) is 0 Å². The Morgan fingerprint density at radius 2 is 2.09 bits per heavy atom. The van der Waals surface area contributed by atoms with E-state index in [0.717, 1.165) is 19.3 Å². The summed E-state index contributed by atoms with van der Waals surface area (Å²) in [6, 6.07) is 0. The van der Waals surface area contributed by atoms with Crippen molar-refractivity contribution in [3.63, 3.8) is 0 Å². The second-order valence-electron chi connectivity index (χ2n) is 3.05. The number of rotatable bonds is 0. The Labute approximate surface area is 67.4 Å². The van der Waals surface area contributed by atoms with Gasteiger partial charge in [-0.1, -0.05) is 12.2 Å². The van der Waals surface area contributed by atoms with Crippen molar-refractivity contribution in [2.75, 3.05) is 0 Å². The summed E-state index contributed by atoms with van der Waals surface area (Å²) in [5, 5.41) is 0. The van der Waals surface area contributed by atoms with Gasteiger partial charge in [-0.2, -0.15) is 0 Å². The summed E-state index contributed by atoms with van der Waals surface area (Å²) in [7, 11) is 0. The Bertz CT molecular complexity index is 219. The van der Waals surface area contributed by atoms with Gasteiger partial charge in [0, 0.05) is 12.8 Å². The van der Waals surface area contributed by atoms with Crippen LogP contribution in [0.25, 0.3) is 0 Å². The summed E-state index contributed by atoms with van der Waals surface area (Å²) >= 11 is 0.